The minimum atomic E-state index is -0.661. The van der Waals surface area contributed by atoms with Crippen LogP contribution in [0.25, 0.3) is 0 Å². The van der Waals surface area contributed by atoms with Crippen molar-refractivity contribution < 1.29 is 14.3 Å². The lowest BCUT2D eigenvalue weighted by Gasteiger charge is -2.35. The summed E-state index contributed by atoms with van der Waals surface area (Å²) in [6.07, 6.45) is 0. The predicted octanol–water partition coefficient (Wildman–Crippen LogP) is 2.64. The highest BCUT2D eigenvalue weighted by Gasteiger charge is 2.26. The van der Waals surface area contributed by atoms with E-state index in [1.54, 1.807) is 29.2 Å². The highest BCUT2D eigenvalue weighted by atomic mass is 35.5. The molecule has 0 atom stereocenters. The van der Waals surface area contributed by atoms with Crippen LogP contribution in [-0.4, -0.2) is 50.0 Å². The van der Waals surface area contributed by atoms with Crippen LogP contribution in [0, 0.1) is 0 Å². The molecule has 7 heteroatoms. The number of amides is 2. The topological polar surface area (TPSA) is 61.9 Å². The van der Waals surface area contributed by atoms with Crippen LogP contribution in [0.5, 0.6) is 5.75 Å². The zero-order valence-corrected chi connectivity index (χ0v) is 15.2. The summed E-state index contributed by atoms with van der Waals surface area (Å²) < 4.78 is 5.19. The Morgan fingerprint density at radius 3 is 2.46 bits per heavy atom. The van der Waals surface area contributed by atoms with Crippen LogP contribution in [-0.2, 0) is 9.59 Å². The second-order valence-corrected chi connectivity index (χ2v) is 6.35. The van der Waals surface area contributed by atoms with Gasteiger partial charge in [-0.25, -0.2) is 0 Å². The number of rotatable bonds is 3. The number of hydrogen-bond donors (Lipinski definition) is 1. The monoisotopic (exact) mass is 373 g/mol. The lowest BCUT2D eigenvalue weighted by molar-refractivity contribution is -0.143. The zero-order valence-electron chi connectivity index (χ0n) is 14.4. The quantitative estimate of drug-likeness (QED) is 0.840. The van der Waals surface area contributed by atoms with E-state index in [0.717, 1.165) is 5.69 Å². The molecule has 1 saturated heterocycles. The van der Waals surface area contributed by atoms with E-state index in [9.17, 15) is 9.59 Å². The molecule has 0 spiro atoms. The van der Waals surface area contributed by atoms with Crippen LogP contribution in [0.4, 0.5) is 11.4 Å². The summed E-state index contributed by atoms with van der Waals surface area (Å²) in [5.41, 5.74) is 1.49. The average Bonchev–Trinajstić information content (AvgIpc) is 2.68. The van der Waals surface area contributed by atoms with Gasteiger partial charge in [0.2, 0.25) is 0 Å². The number of anilines is 2. The Kier molecular flexibility index (Phi) is 5.63. The summed E-state index contributed by atoms with van der Waals surface area (Å²) in [4.78, 5) is 28.4. The Hall–Kier alpha value is -2.73. The standard InChI is InChI=1S/C19H20ClN3O3/c1-26-17-8-3-2-7-16(17)21-18(24)19(25)23-11-9-22(10-12-23)15-6-4-5-14(20)13-15/h2-8,13H,9-12H2,1H3,(H,21,24). The van der Waals surface area contributed by atoms with Crippen LogP contribution in [0.1, 0.15) is 0 Å². The van der Waals surface area contributed by atoms with E-state index in [1.165, 1.54) is 7.11 Å². The summed E-state index contributed by atoms with van der Waals surface area (Å²) in [5, 5.41) is 3.30. The van der Waals surface area contributed by atoms with Gasteiger partial charge in [0.05, 0.1) is 12.8 Å². The molecule has 0 aliphatic carbocycles. The Balaban J connectivity index is 1.58. The summed E-state index contributed by atoms with van der Waals surface area (Å²) in [6, 6.07) is 14.6. The third kappa shape index (κ3) is 4.08. The fourth-order valence-electron chi connectivity index (χ4n) is 2.91. The lowest BCUT2D eigenvalue weighted by atomic mass is 10.2. The van der Waals surface area contributed by atoms with Gasteiger partial charge in [0.1, 0.15) is 5.75 Å². The van der Waals surface area contributed by atoms with E-state index < -0.39 is 11.8 Å². The summed E-state index contributed by atoms with van der Waals surface area (Å²) in [6.45, 7) is 2.25. The molecule has 26 heavy (non-hydrogen) atoms. The molecule has 0 radical (unpaired) electrons. The largest absolute Gasteiger partial charge is 0.495 e. The van der Waals surface area contributed by atoms with Crippen molar-refractivity contribution in [3.05, 3.63) is 53.6 Å². The van der Waals surface area contributed by atoms with Gasteiger partial charge in [-0.1, -0.05) is 29.8 Å². The first-order valence-electron chi connectivity index (χ1n) is 8.32. The van der Waals surface area contributed by atoms with Gasteiger partial charge < -0.3 is 19.9 Å². The SMILES string of the molecule is COc1ccccc1NC(=O)C(=O)N1CCN(c2cccc(Cl)c2)CC1. The number of nitrogens with zero attached hydrogens (tertiary/aromatic N) is 2. The number of ether oxygens (including phenoxy) is 1. The first-order valence-corrected chi connectivity index (χ1v) is 8.70. The Labute approximate surface area is 157 Å². The van der Waals surface area contributed by atoms with E-state index in [2.05, 4.69) is 10.2 Å². The van der Waals surface area contributed by atoms with Gasteiger partial charge in [-0.2, -0.15) is 0 Å². The van der Waals surface area contributed by atoms with Crippen LogP contribution in [0.2, 0.25) is 5.02 Å². The third-order valence-electron chi connectivity index (χ3n) is 4.29. The fraction of sp³-hybridized carbons (Fsp3) is 0.263. The zero-order chi connectivity index (χ0) is 18.5. The van der Waals surface area contributed by atoms with Crippen molar-refractivity contribution in [3.63, 3.8) is 0 Å². The first-order chi connectivity index (χ1) is 12.6. The maximum absolute atomic E-state index is 12.4. The van der Waals surface area contributed by atoms with Gasteiger partial charge in [-0.05, 0) is 30.3 Å². The number of carbonyl (C=O) groups excluding carboxylic acids is 2. The maximum Gasteiger partial charge on any atom is 0.314 e. The average molecular weight is 374 g/mol. The van der Waals surface area contributed by atoms with Crippen molar-refractivity contribution in [2.75, 3.05) is 43.5 Å². The molecule has 6 nitrogen and oxygen atoms in total. The normalized spacial score (nSPS) is 14.1. The van der Waals surface area contributed by atoms with Gasteiger partial charge in [0.15, 0.2) is 0 Å². The minimum Gasteiger partial charge on any atom is -0.495 e. The van der Waals surface area contributed by atoms with Crippen molar-refractivity contribution in [1.82, 2.24) is 4.90 Å². The van der Waals surface area contributed by atoms with Crippen molar-refractivity contribution >= 4 is 34.8 Å². The lowest BCUT2D eigenvalue weighted by Crippen LogP contribution is -2.51. The fourth-order valence-corrected chi connectivity index (χ4v) is 3.09. The van der Waals surface area contributed by atoms with E-state index in [1.807, 2.05) is 24.3 Å². The van der Waals surface area contributed by atoms with E-state index in [0.29, 0.717) is 42.6 Å². The molecule has 0 saturated carbocycles. The predicted molar refractivity (Wildman–Crippen MR) is 102 cm³/mol. The number of piperazine rings is 1. The summed E-state index contributed by atoms with van der Waals surface area (Å²) in [5.74, 6) is -0.688. The Morgan fingerprint density at radius 1 is 1.04 bits per heavy atom. The second kappa shape index (κ2) is 8.10. The molecule has 0 aromatic heterocycles. The van der Waals surface area contributed by atoms with Gasteiger partial charge in [-0.15, -0.1) is 0 Å². The number of methoxy groups -OCH3 is 1. The van der Waals surface area contributed by atoms with Crippen molar-refractivity contribution in [2.45, 2.75) is 0 Å². The molecular formula is C19H20ClN3O3. The van der Waals surface area contributed by atoms with Gasteiger partial charge in [0.25, 0.3) is 0 Å². The number of para-hydroxylation sites is 2. The molecule has 2 aromatic carbocycles. The molecular weight excluding hydrogens is 354 g/mol. The molecule has 1 fully saturated rings. The van der Waals surface area contributed by atoms with E-state index in [4.69, 9.17) is 16.3 Å². The third-order valence-corrected chi connectivity index (χ3v) is 4.52. The summed E-state index contributed by atoms with van der Waals surface area (Å²) in [7, 11) is 1.52. The number of nitrogens with one attached hydrogen (secondary N) is 1. The van der Waals surface area contributed by atoms with Crippen molar-refractivity contribution in [1.29, 1.82) is 0 Å². The van der Waals surface area contributed by atoms with Gasteiger partial charge in [-0.3, -0.25) is 9.59 Å². The molecule has 2 amide bonds. The molecule has 1 N–H and O–H groups in total. The van der Waals surface area contributed by atoms with E-state index >= 15 is 0 Å². The number of halogens is 1. The van der Waals surface area contributed by atoms with Crippen LogP contribution < -0.4 is 15.0 Å². The van der Waals surface area contributed by atoms with Crippen LogP contribution in [0.3, 0.4) is 0 Å². The maximum atomic E-state index is 12.4. The first kappa shape index (κ1) is 18.1. The molecule has 2 aromatic rings. The number of hydrogen-bond acceptors (Lipinski definition) is 4. The molecule has 1 heterocycles. The van der Waals surface area contributed by atoms with Crippen molar-refractivity contribution in [2.24, 2.45) is 0 Å². The minimum absolute atomic E-state index is 0.477. The highest BCUT2D eigenvalue weighted by Crippen LogP contribution is 2.23. The van der Waals surface area contributed by atoms with Gasteiger partial charge >= 0.3 is 11.8 Å². The van der Waals surface area contributed by atoms with Crippen LogP contribution >= 0.6 is 11.6 Å². The summed E-state index contributed by atoms with van der Waals surface area (Å²) >= 11 is 6.03. The number of benzene rings is 2. The van der Waals surface area contributed by atoms with Gasteiger partial charge in [0, 0.05) is 36.9 Å². The molecule has 0 bridgehead atoms. The Bertz CT molecular complexity index is 804. The Morgan fingerprint density at radius 2 is 1.77 bits per heavy atom. The second-order valence-electron chi connectivity index (χ2n) is 5.91. The highest BCUT2D eigenvalue weighted by molar-refractivity contribution is 6.39. The molecule has 0 unspecified atom stereocenters. The molecule has 1 aliphatic heterocycles. The number of carbonyl (C=O) groups is 2. The van der Waals surface area contributed by atoms with Crippen LogP contribution in [0.15, 0.2) is 48.5 Å². The smallest absolute Gasteiger partial charge is 0.314 e. The van der Waals surface area contributed by atoms with E-state index in [-0.39, 0.29) is 0 Å². The van der Waals surface area contributed by atoms with Crippen molar-refractivity contribution in [3.8, 4) is 5.75 Å². The molecule has 1 aliphatic rings. The molecule has 3 rings (SSSR count). The molecule has 136 valence electrons.